The fraction of sp³-hybridized carbons (Fsp3) is 0.571. The Morgan fingerprint density at radius 1 is 1.11 bits per heavy atom. The first-order chi connectivity index (χ1) is 8.84. The molecule has 4 heteroatoms. The lowest BCUT2D eigenvalue weighted by Gasteiger charge is -2.18. The predicted molar refractivity (Wildman–Crippen MR) is 65.9 cm³/mol. The van der Waals surface area contributed by atoms with E-state index in [2.05, 4.69) is 0 Å². The van der Waals surface area contributed by atoms with Gasteiger partial charge in [0, 0.05) is 18.9 Å². The van der Waals surface area contributed by atoms with Crippen LogP contribution in [0.5, 0.6) is 11.5 Å². The van der Waals surface area contributed by atoms with Crippen molar-refractivity contribution in [3.05, 3.63) is 23.8 Å². The molecule has 2 aliphatic heterocycles. The molecule has 1 fully saturated rings. The fourth-order valence-electron chi connectivity index (χ4n) is 2.44. The maximum absolute atomic E-state index is 10.3. The smallest absolute Gasteiger partial charge is 0.161 e. The molecule has 18 heavy (non-hydrogen) atoms. The molecule has 2 aliphatic rings. The Morgan fingerprint density at radius 3 is 2.72 bits per heavy atom. The third-order valence-corrected chi connectivity index (χ3v) is 3.52. The van der Waals surface area contributed by atoms with Gasteiger partial charge in [-0.2, -0.15) is 0 Å². The maximum Gasteiger partial charge on any atom is 0.161 e. The zero-order chi connectivity index (χ0) is 12.4. The number of aliphatic hydroxyl groups is 1. The average Bonchev–Trinajstić information content (AvgIpc) is 2.83. The van der Waals surface area contributed by atoms with Crippen molar-refractivity contribution in [2.24, 2.45) is 5.92 Å². The number of fused-ring (bicyclic) bond motifs is 1. The van der Waals surface area contributed by atoms with Gasteiger partial charge in [0.25, 0.3) is 0 Å². The lowest BCUT2D eigenvalue weighted by molar-refractivity contribution is 0.0915. The fourth-order valence-corrected chi connectivity index (χ4v) is 2.44. The van der Waals surface area contributed by atoms with Gasteiger partial charge in [0.05, 0.1) is 25.9 Å². The monoisotopic (exact) mass is 250 g/mol. The number of hydrogen-bond donors (Lipinski definition) is 1. The molecule has 0 radical (unpaired) electrons. The molecular weight excluding hydrogens is 232 g/mol. The standard InChI is InChI=1S/C14H18O4/c15-14(11-4-7-16-9-11)10-2-3-12-13(8-10)18-6-1-5-17-12/h2-3,8,11,14-15H,1,4-7,9H2. The van der Waals surface area contributed by atoms with E-state index in [1.807, 2.05) is 18.2 Å². The van der Waals surface area contributed by atoms with Crippen LogP contribution in [0.1, 0.15) is 24.5 Å². The normalized spacial score (nSPS) is 24.6. The molecular formula is C14H18O4. The average molecular weight is 250 g/mol. The molecule has 0 spiro atoms. The lowest BCUT2D eigenvalue weighted by atomic mass is 9.95. The summed E-state index contributed by atoms with van der Waals surface area (Å²) in [5.74, 6) is 1.70. The summed E-state index contributed by atoms with van der Waals surface area (Å²) in [6.45, 7) is 2.73. The van der Waals surface area contributed by atoms with E-state index in [0.29, 0.717) is 19.8 Å². The predicted octanol–water partition coefficient (Wildman–Crippen LogP) is 1.92. The largest absolute Gasteiger partial charge is 0.490 e. The molecule has 0 bridgehead atoms. The highest BCUT2D eigenvalue weighted by Crippen LogP contribution is 2.35. The minimum atomic E-state index is -0.482. The van der Waals surface area contributed by atoms with Crippen molar-refractivity contribution in [2.45, 2.75) is 18.9 Å². The number of rotatable bonds is 2. The second-order valence-electron chi connectivity index (χ2n) is 4.83. The Kier molecular flexibility index (Phi) is 3.39. The van der Waals surface area contributed by atoms with Crippen LogP contribution in [-0.4, -0.2) is 31.5 Å². The summed E-state index contributed by atoms with van der Waals surface area (Å²) in [4.78, 5) is 0. The molecule has 1 saturated heterocycles. The van der Waals surface area contributed by atoms with E-state index in [4.69, 9.17) is 14.2 Å². The van der Waals surface area contributed by atoms with Crippen LogP contribution < -0.4 is 9.47 Å². The summed E-state index contributed by atoms with van der Waals surface area (Å²) in [5, 5.41) is 10.3. The van der Waals surface area contributed by atoms with Crippen LogP contribution in [0, 0.1) is 5.92 Å². The van der Waals surface area contributed by atoms with Crippen molar-refractivity contribution < 1.29 is 19.3 Å². The maximum atomic E-state index is 10.3. The Morgan fingerprint density at radius 2 is 1.94 bits per heavy atom. The molecule has 4 nitrogen and oxygen atoms in total. The van der Waals surface area contributed by atoms with Gasteiger partial charge < -0.3 is 19.3 Å². The van der Waals surface area contributed by atoms with Gasteiger partial charge in [-0.15, -0.1) is 0 Å². The topological polar surface area (TPSA) is 47.9 Å². The summed E-state index contributed by atoms with van der Waals surface area (Å²) in [5.41, 5.74) is 0.884. The molecule has 3 rings (SSSR count). The molecule has 0 aromatic heterocycles. The highest BCUT2D eigenvalue weighted by molar-refractivity contribution is 5.44. The SMILES string of the molecule is OC(c1ccc2c(c1)OCCCO2)C1CCOC1. The Labute approximate surface area is 106 Å². The number of hydrogen-bond acceptors (Lipinski definition) is 4. The van der Waals surface area contributed by atoms with Crippen LogP contribution in [0.25, 0.3) is 0 Å². The minimum Gasteiger partial charge on any atom is -0.490 e. The van der Waals surface area contributed by atoms with Gasteiger partial charge in [-0.3, -0.25) is 0 Å². The van der Waals surface area contributed by atoms with Crippen molar-refractivity contribution in [1.29, 1.82) is 0 Å². The summed E-state index contributed by atoms with van der Waals surface area (Å²) < 4.78 is 16.5. The van der Waals surface area contributed by atoms with E-state index >= 15 is 0 Å². The third-order valence-electron chi connectivity index (χ3n) is 3.52. The quantitative estimate of drug-likeness (QED) is 0.871. The first-order valence-corrected chi connectivity index (χ1v) is 6.50. The minimum absolute atomic E-state index is 0.190. The summed E-state index contributed by atoms with van der Waals surface area (Å²) in [6.07, 6.45) is 1.32. The Hall–Kier alpha value is -1.26. The van der Waals surface area contributed by atoms with Crippen molar-refractivity contribution in [3.8, 4) is 11.5 Å². The first-order valence-electron chi connectivity index (χ1n) is 6.50. The molecule has 0 aliphatic carbocycles. The molecule has 0 amide bonds. The van der Waals surface area contributed by atoms with Crippen LogP contribution >= 0.6 is 0 Å². The van der Waals surface area contributed by atoms with E-state index in [0.717, 1.165) is 36.5 Å². The van der Waals surface area contributed by atoms with E-state index in [9.17, 15) is 5.11 Å². The zero-order valence-electron chi connectivity index (χ0n) is 10.3. The highest BCUT2D eigenvalue weighted by atomic mass is 16.5. The number of aliphatic hydroxyl groups excluding tert-OH is 1. The Balaban J connectivity index is 1.82. The van der Waals surface area contributed by atoms with Crippen LogP contribution in [0.15, 0.2) is 18.2 Å². The van der Waals surface area contributed by atoms with Crippen LogP contribution in [0.3, 0.4) is 0 Å². The van der Waals surface area contributed by atoms with Gasteiger partial charge >= 0.3 is 0 Å². The van der Waals surface area contributed by atoms with Crippen molar-refractivity contribution in [1.82, 2.24) is 0 Å². The van der Waals surface area contributed by atoms with Gasteiger partial charge in [0.2, 0.25) is 0 Å². The van der Waals surface area contributed by atoms with Gasteiger partial charge in [-0.05, 0) is 24.1 Å². The molecule has 2 unspecified atom stereocenters. The molecule has 1 aromatic carbocycles. The third kappa shape index (κ3) is 2.31. The molecule has 1 N–H and O–H groups in total. The van der Waals surface area contributed by atoms with Crippen LogP contribution in [-0.2, 0) is 4.74 Å². The van der Waals surface area contributed by atoms with Gasteiger partial charge in [0.1, 0.15) is 0 Å². The van der Waals surface area contributed by atoms with E-state index in [-0.39, 0.29) is 5.92 Å². The van der Waals surface area contributed by atoms with Gasteiger partial charge in [-0.1, -0.05) is 6.07 Å². The molecule has 1 aromatic rings. The van der Waals surface area contributed by atoms with Crippen molar-refractivity contribution in [3.63, 3.8) is 0 Å². The highest BCUT2D eigenvalue weighted by Gasteiger charge is 2.26. The summed E-state index contributed by atoms with van der Waals surface area (Å²) in [6, 6.07) is 5.69. The second kappa shape index (κ2) is 5.16. The van der Waals surface area contributed by atoms with E-state index < -0.39 is 6.10 Å². The van der Waals surface area contributed by atoms with Crippen molar-refractivity contribution in [2.75, 3.05) is 26.4 Å². The summed E-state index contributed by atoms with van der Waals surface area (Å²) >= 11 is 0. The van der Waals surface area contributed by atoms with E-state index in [1.54, 1.807) is 0 Å². The Bertz CT molecular complexity index is 412. The summed E-state index contributed by atoms with van der Waals surface area (Å²) in [7, 11) is 0. The number of ether oxygens (including phenoxy) is 3. The second-order valence-corrected chi connectivity index (χ2v) is 4.83. The molecule has 2 heterocycles. The van der Waals surface area contributed by atoms with Gasteiger partial charge in [0.15, 0.2) is 11.5 Å². The van der Waals surface area contributed by atoms with Crippen LogP contribution in [0.2, 0.25) is 0 Å². The van der Waals surface area contributed by atoms with Crippen molar-refractivity contribution >= 4 is 0 Å². The number of benzene rings is 1. The van der Waals surface area contributed by atoms with E-state index in [1.165, 1.54) is 0 Å². The van der Waals surface area contributed by atoms with Crippen LogP contribution in [0.4, 0.5) is 0 Å². The van der Waals surface area contributed by atoms with Gasteiger partial charge in [-0.25, -0.2) is 0 Å². The molecule has 2 atom stereocenters. The lowest BCUT2D eigenvalue weighted by Crippen LogP contribution is -2.12. The molecule has 0 saturated carbocycles. The zero-order valence-corrected chi connectivity index (χ0v) is 10.3. The first kappa shape index (κ1) is 11.8. The molecule has 98 valence electrons.